The molecule has 1 aliphatic rings. The van der Waals surface area contributed by atoms with Crippen molar-refractivity contribution in [3.05, 3.63) is 29.8 Å². The van der Waals surface area contributed by atoms with Gasteiger partial charge in [0.15, 0.2) is 0 Å². The largest absolute Gasteiger partial charge is 0.496 e. The van der Waals surface area contributed by atoms with E-state index in [0.29, 0.717) is 11.8 Å². The Hall–Kier alpha value is -1.65. The van der Waals surface area contributed by atoms with Gasteiger partial charge in [0.2, 0.25) is 5.91 Å². The summed E-state index contributed by atoms with van der Waals surface area (Å²) in [4.78, 5) is 12.6. The lowest BCUT2D eigenvalue weighted by Crippen LogP contribution is -2.43. The highest BCUT2D eigenvalue weighted by Gasteiger charge is 2.39. The molecule has 0 saturated heterocycles. The van der Waals surface area contributed by atoms with Gasteiger partial charge in [-0.15, -0.1) is 0 Å². The number of amides is 1. The Labute approximate surface area is 149 Å². The summed E-state index contributed by atoms with van der Waals surface area (Å²) in [7, 11) is 1.37. The molecule has 3 nitrogen and oxygen atoms in total. The van der Waals surface area contributed by atoms with Gasteiger partial charge in [-0.05, 0) is 42.7 Å². The van der Waals surface area contributed by atoms with Gasteiger partial charge in [-0.1, -0.05) is 39.3 Å². The van der Waals surface area contributed by atoms with Crippen molar-refractivity contribution >= 4 is 5.91 Å². The van der Waals surface area contributed by atoms with E-state index in [1.54, 1.807) is 12.1 Å². The number of carbonyl (C=O) groups is 1. The Morgan fingerprint density at radius 2 is 2.00 bits per heavy atom. The zero-order valence-corrected chi connectivity index (χ0v) is 15.5. The van der Waals surface area contributed by atoms with Crippen LogP contribution in [0.5, 0.6) is 5.75 Å². The van der Waals surface area contributed by atoms with Crippen molar-refractivity contribution in [3.8, 4) is 5.75 Å². The minimum Gasteiger partial charge on any atom is -0.496 e. The molecular formula is C20H29F2NO2. The van der Waals surface area contributed by atoms with Gasteiger partial charge < -0.3 is 10.1 Å². The predicted octanol–water partition coefficient (Wildman–Crippen LogP) is 4.61. The third kappa shape index (κ3) is 4.71. The number of rotatable bonds is 6. The summed E-state index contributed by atoms with van der Waals surface area (Å²) in [6, 6.07) is 6.03. The number of para-hydroxylation sites is 1. The van der Waals surface area contributed by atoms with Gasteiger partial charge in [-0.2, -0.15) is 8.78 Å². The molecule has 1 aromatic carbocycles. The zero-order valence-electron chi connectivity index (χ0n) is 15.5. The summed E-state index contributed by atoms with van der Waals surface area (Å²) in [5.41, 5.74) is -0.199. The number of carbonyl (C=O) groups excluding carboxylic acids is 1. The molecule has 0 bridgehead atoms. The molecule has 0 heterocycles. The maximum atomic E-state index is 14.6. The molecule has 140 valence electrons. The van der Waals surface area contributed by atoms with E-state index in [-0.39, 0.29) is 29.1 Å². The first-order chi connectivity index (χ1) is 11.8. The Morgan fingerprint density at radius 1 is 1.32 bits per heavy atom. The summed E-state index contributed by atoms with van der Waals surface area (Å²) < 4.78 is 34.2. The molecule has 1 aromatic rings. The maximum absolute atomic E-state index is 14.6. The summed E-state index contributed by atoms with van der Waals surface area (Å²) >= 11 is 0. The highest BCUT2D eigenvalue weighted by molar-refractivity contribution is 5.79. The Morgan fingerprint density at radius 3 is 2.64 bits per heavy atom. The minimum atomic E-state index is -3.17. The van der Waals surface area contributed by atoms with Crippen LogP contribution in [0.1, 0.15) is 45.6 Å². The molecule has 2 rings (SSSR count). The van der Waals surface area contributed by atoms with Crippen molar-refractivity contribution in [2.75, 3.05) is 13.7 Å². The van der Waals surface area contributed by atoms with E-state index >= 15 is 0 Å². The zero-order chi connectivity index (χ0) is 18.6. The van der Waals surface area contributed by atoms with Gasteiger partial charge >= 0.3 is 0 Å². The molecule has 1 amide bonds. The van der Waals surface area contributed by atoms with Gasteiger partial charge in [0.1, 0.15) is 5.75 Å². The van der Waals surface area contributed by atoms with Crippen LogP contribution in [0.25, 0.3) is 0 Å². The van der Waals surface area contributed by atoms with E-state index in [0.717, 1.165) is 19.3 Å². The Bertz CT molecular complexity index is 589. The van der Waals surface area contributed by atoms with Crippen molar-refractivity contribution in [2.45, 2.75) is 46.0 Å². The lowest BCUT2D eigenvalue weighted by molar-refractivity contribution is -0.131. The first-order valence-electron chi connectivity index (χ1n) is 9.05. The van der Waals surface area contributed by atoms with Crippen molar-refractivity contribution in [3.63, 3.8) is 0 Å². The highest BCUT2D eigenvalue weighted by atomic mass is 19.3. The van der Waals surface area contributed by atoms with Crippen LogP contribution in [-0.2, 0) is 10.7 Å². The number of methoxy groups -OCH3 is 1. The van der Waals surface area contributed by atoms with Crippen molar-refractivity contribution in [1.82, 2.24) is 5.32 Å². The number of hydrogen-bond acceptors (Lipinski definition) is 2. The lowest BCUT2D eigenvalue weighted by Gasteiger charge is -2.36. The fraction of sp³-hybridized carbons (Fsp3) is 0.650. The molecule has 1 N–H and O–H groups in total. The van der Waals surface area contributed by atoms with Crippen LogP contribution in [0.3, 0.4) is 0 Å². The van der Waals surface area contributed by atoms with Crippen LogP contribution >= 0.6 is 0 Å². The summed E-state index contributed by atoms with van der Waals surface area (Å²) in [5, 5.41) is 2.50. The van der Waals surface area contributed by atoms with Crippen molar-refractivity contribution < 1.29 is 18.3 Å². The molecule has 0 aromatic heterocycles. The van der Waals surface area contributed by atoms with Gasteiger partial charge in [0.05, 0.1) is 19.2 Å². The molecule has 5 heteroatoms. The smallest absolute Gasteiger partial charge is 0.293 e. The first kappa shape index (κ1) is 19.7. The number of hydrogen-bond donors (Lipinski definition) is 1. The highest BCUT2D eigenvalue weighted by Crippen LogP contribution is 2.39. The average molecular weight is 353 g/mol. The molecule has 1 saturated carbocycles. The van der Waals surface area contributed by atoms with Crippen molar-refractivity contribution in [1.29, 1.82) is 0 Å². The van der Waals surface area contributed by atoms with Gasteiger partial charge in [0.25, 0.3) is 5.92 Å². The molecule has 3 atom stereocenters. The Kier molecular flexibility index (Phi) is 6.42. The fourth-order valence-corrected chi connectivity index (χ4v) is 3.87. The van der Waals surface area contributed by atoms with E-state index < -0.39 is 12.5 Å². The summed E-state index contributed by atoms with van der Waals surface area (Å²) in [5.74, 6) is -2.38. The monoisotopic (exact) mass is 353 g/mol. The first-order valence-corrected chi connectivity index (χ1v) is 9.05. The van der Waals surface area contributed by atoms with E-state index in [9.17, 15) is 13.6 Å². The molecule has 1 aliphatic carbocycles. The van der Waals surface area contributed by atoms with Crippen LogP contribution in [-0.4, -0.2) is 19.6 Å². The van der Waals surface area contributed by atoms with Gasteiger partial charge in [0, 0.05) is 5.92 Å². The quantitative estimate of drug-likeness (QED) is 0.811. The third-order valence-corrected chi connectivity index (χ3v) is 5.34. The molecule has 0 spiro atoms. The van der Waals surface area contributed by atoms with E-state index in [4.69, 9.17) is 4.74 Å². The van der Waals surface area contributed by atoms with E-state index in [1.165, 1.54) is 19.2 Å². The topological polar surface area (TPSA) is 38.3 Å². The van der Waals surface area contributed by atoms with Crippen LogP contribution in [0, 0.1) is 23.7 Å². The second-order valence-corrected chi connectivity index (χ2v) is 7.56. The lowest BCUT2D eigenvalue weighted by atomic mass is 9.70. The third-order valence-electron chi connectivity index (χ3n) is 5.34. The maximum Gasteiger partial charge on any atom is 0.293 e. The summed E-state index contributed by atoms with van der Waals surface area (Å²) in [6.07, 6.45) is 2.86. The molecule has 1 fully saturated rings. The number of alkyl halides is 2. The molecule has 25 heavy (non-hydrogen) atoms. The van der Waals surface area contributed by atoms with Crippen LogP contribution in [0.2, 0.25) is 0 Å². The number of ether oxygens (including phenoxy) is 1. The normalized spacial score (nSPS) is 24.2. The van der Waals surface area contributed by atoms with Gasteiger partial charge in [-0.3, -0.25) is 4.79 Å². The predicted molar refractivity (Wildman–Crippen MR) is 94.7 cm³/mol. The SMILES string of the molecule is COc1ccccc1C(F)(F)CNC(=O)[C@@H]1CC(C)CC[C@H]1C(C)C. The van der Waals surface area contributed by atoms with Crippen molar-refractivity contribution in [2.24, 2.45) is 23.7 Å². The molecule has 0 radical (unpaired) electrons. The average Bonchev–Trinajstić information content (AvgIpc) is 2.59. The minimum absolute atomic E-state index is 0.132. The van der Waals surface area contributed by atoms with Crippen LogP contribution in [0.15, 0.2) is 24.3 Å². The second-order valence-electron chi connectivity index (χ2n) is 7.56. The molecule has 1 unspecified atom stereocenters. The number of benzene rings is 1. The van der Waals surface area contributed by atoms with E-state index in [1.807, 2.05) is 0 Å². The fourth-order valence-electron chi connectivity index (χ4n) is 3.87. The summed E-state index contributed by atoms with van der Waals surface area (Å²) in [6.45, 7) is 5.62. The number of halogens is 2. The molecular weight excluding hydrogens is 324 g/mol. The van der Waals surface area contributed by atoms with Gasteiger partial charge in [-0.25, -0.2) is 0 Å². The number of nitrogens with one attached hydrogen (secondary N) is 1. The second kappa shape index (κ2) is 8.15. The Balaban J connectivity index is 2.06. The van der Waals surface area contributed by atoms with Crippen LogP contribution < -0.4 is 10.1 Å². The van der Waals surface area contributed by atoms with Crippen LogP contribution in [0.4, 0.5) is 8.78 Å². The molecule has 0 aliphatic heterocycles. The van der Waals surface area contributed by atoms with E-state index in [2.05, 4.69) is 26.1 Å². The standard InChI is InChI=1S/C20H29F2NO2/c1-13(2)15-10-9-14(3)11-16(15)19(24)23-12-20(21,22)17-7-5-6-8-18(17)25-4/h5-8,13-16H,9-12H2,1-4H3,(H,23,24)/t14?,15-,16+/m0/s1.